The van der Waals surface area contributed by atoms with Crippen LogP contribution < -0.4 is 4.74 Å². The van der Waals surface area contributed by atoms with E-state index < -0.39 is 11.9 Å². The lowest BCUT2D eigenvalue weighted by Gasteiger charge is -2.35. The van der Waals surface area contributed by atoms with Crippen LogP contribution in [-0.4, -0.2) is 77.3 Å². The molecule has 0 radical (unpaired) electrons. The average molecular weight is 752 g/mol. The molecule has 3 unspecified atom stereocenters. The van der Waals surface area contributed by atoms with Gasteiger partial charge in [-0.3, -0.25) is 19.2 Å². The number of esters is 2. The van der Waals surface area contributed by atoms with Crippen molar-refractivity contribution < 1.29 is 53.1 Å². The van der Waals surface area contributed by atoms with Crippen molar-refractivity contribution in [2.45, 2.75) is 92.6 Å². The van der Waals surface area contributed by atoms with Gasteiger partial charge in [-0.15, -0.1) is 0 Å². The van der Waals surface area contributed by atoms with Crippen LogP contribution in [0.3, 0.4) is 0 Å². The second-order valence-corrected chi connectivity index (χ2v) is 12.0. The number of rotatable bonds is 15. The summed E-state index contributed by atoms with van der Waals surface area (Å²) < 4.78 is 31.0. The Kier molecular flexibility index (Phi) is 22.3. The molecule has 296 valence electrons. The molecule has 3 aromatic rings. The quantitative estimate of drug-likeness (QED) is 0.0880. The molecule has 2 N–H and O–H groups in total. The van der Waals surface area contributed by atoms with Gasteiger partial charge in [0.1, 0.15) is 24.7 Å². The summed E-state index contributed by atoms with van der Waals surface area (Å²) in [5, 5.41) is 16.0. The van der Waals surface area contributed by atoms with Gasteiger partial charge in [-0.2, -0.15) is 0 Å². The van der Waals surface area contributed by atoms with E-state index in [1.54, 1.807) is 12.2 Å². The molecule has 0 aliphatic carbocycles. The van der Waals surface area contributed by atoms with Gasteiger partial charge in [-0.1, -0.05) is 69.5 Å². The van der Waals surface area contributed by atoms with Gasteiger partial charge >= 0.3 is 11.9 Å². The molecule has 0 saturated carbocycles. The van der Waals surface area contributed by atoms with E-state index in [-0.39, 0.29) is 37.0 Å². The Hall–Kier alpha value is -5.20. The molecule has 1 saturated heterocycles. The van der Waals surface area contributed by atoms with Gasteiger partial charge in [-0.25, -0.2) is 0 Å². The number of benzene rings is 2. The van der Waals surface area contributed by atoms with E-state index in [1.807, 2.05) is 38.1 Å². The number of nitrogens with zero attached hydrogens (tertiary/aromatic N) is 1. The maximum absolute atomic E-state index is 11.8. The number of hydrogen-bond donors (Lipinski definition) is 2. The van der Waals surface area contributed by atoms with E-state index in [0.717, 1.165) is 49.1 Å². The minimum absolute atomic E-state index is 0.111. The van der Waals surface area contributed by atoms with Crippen LogP contribution in [0.1, 0.15) is 83.7 Å². The number of aromatic nitrogens is 1. The summed E-state index contributed by atoms with van der Waals surface area (Å²) >= 11 is 0. The summed E-state index contributed by atoms with van der Waals surface area (Å²) in [7, 11) is 0. The summed E-state index contributed by atoms with van der Waals surface area (Å²) in [6.45, 7) is 20.3. The van der Waals surface area contributed by atoms with Gasteiger partial charge in [0.2, 0.25) is 0 Å². The lowest BCUT2D eigenvalue weighted by atomic mass is 10.0. The van der Waals surface area contributed by atoms with E-state index in [1.165, 1.54) is 30.4 Å². The first-order valence-electron chi connectivity index (χ1n) is 17.9. The number of fused-ring (bicyclic) bond motifs is 1. The van der Waals surface area contributed by atoms with Crippen molar-refractivity contribution >= 4 is 34.8 Å². The number of aryl methyl sites for hydroxylation is 1. The number of carbonyl (C=O) groups excluding carboxylic acids is 2. The highest BCUT2D eigenvalue weighted by atomic mass is 16.6. The van der Waals surface area contributed by atoms with Crippen molar-refractivity contribution in [3.05, 3.63) is 102 Å². The topological polar surface area (TPSA) is 160 Å². The fourth-order valence-electron chi connectivity index (χ4n) is 5.53. The maximum atomic E-state index is 11.8. The predicted octanol–water partition coefficient (Wildman–Crippen LogP) is 8.00. The summed E-state index contributed by atoms with van der Waals surface area (Å²) in [5.74, 6) is -1.56. The van der Waals surface area contributed by atoms with Crippen molar-refractivity contribution in [2.24, 2.45) is 0 Å². The zero-order chi connectivity index (χ0) is 40.6. The third-order valence-electron chi connectivity index (χ3n) is 7.48. The fraction of sp³-hybridized carbons (Fsp3) is 0.429. The lowest BCUT2D eigenvalue weighted by molar-refractivity contribution is -0.178. The predicted molar refractivity (Wildman–Crippen MR) is 209 cm³/mol. The molecule has 0 spiro atoms. The van der Waals surface area contributed by atoms with Crippen LogP contribution in [0, 0.1) is 6.92 Å². The highest BCUT2D eigenvalue weighted by Crippen LogP contribution is 2.36. The Bertz CT molecular complexity index is 1650. The molecule has 1 aliphatic rings. The van der Waals surface area contributed by atoms with Crippen molar-refractivity contribution in [1.82, 2.24) is 4.57 Å². The van der Waals surface area contributed by atoms with Crippen molar-refractivity contribution in [1.29, 1.82) is 0 Å². The zero-order valence-electron chi connectivity index (χ0n) is 32.7. The summed E-state index contributed by atoms with van der Waals surface area (Å²) in [6, 6.07) is 14.4. The molecule has 3 atom stereocenters. The van der Waals surface area contributed by atoms with E-state index >= 15 is 0 Å². The zero-order valence-corrected chi connectivity index (χ0v) is 32.7. The normalized spacial score (nSPS) is 16.1. The van der Waals surface area contributed by atoms with E-state index in [9.17, 15) is 9.59 Å². The van der Waals surface area contributed by atoms with Crippen LogP contribution in [0.15, 0.2) is 85.6 Å². The van der Waals surface area contributed by atoms with Gasteiger partial charge < -0.3 is 38.5 Å². The Morgan fingerprint density at radius 1 is 0.926 bits per heavy atom. The van der Waals surface area contributed by atoms with Crippen LogP contribution in [-0.2, 0) is 44.5 Å². The third kappa shape index (κ3) is 18.0. The third-order valence-corrected chi connectivity index (χ3v) is 7.48. The molecule has 0 bridgehead atoms. The van der Waals surface area contributed by atoms with Crippen LogP contribution in [0.5, 0.6) is 5.75 Å². The Morgan fingerprint density at radius 2 is 1.57 bits per heavy atom. The van der Waals surface area contributed by atoms with Crippen LogP contribution in [0.2, 0.25) is 0 Å². The van der Waals surface area contributed by atoms with Gasteiger partial charge in [-0.05, 0) is 53.8 Å². The van der Waals surface area contributed by atoms with E-state index in [2.05, 4.69) is 55.1 Å². The number of carbonyl (C=O) groups is 4. The molecule has 2 aromatic carbocycles. The van der Waals surface area contributed by atoms with Crippen molar-refractivity contribution in [3.8, 4) is 5.75 Å². The molecule has 4 rings (SSSR count). The highest BCUT2D eigenvalue weighted by Gasteiger charge is 2.34. The SMILES string of the molecule is C=C/C=C(\C=C)COCCCOc1ccc(Cc2cn(C3CC(OC(C)=O)CC(COC(C)=O)O3)c3cccc(C)c23)cc1.CC.CC(=O)O.CC(=O)O. The number of hydrogen-bond acceptors (Lipinski definition) is 9. The average Bonchev–Trinajstić information content (AvgIpc) is 3.48. The first kappa shape index (κ1) is 46.8. The second-order valence-electron chi connectivity index (χ2n) is 12.0. The first-order valence-corrected chi connectivity index (χ1v) is 17.9. The van der Waals surface area contributed by atoms with Gasteiger partial charge in [0.25, 0.3) is 11.9 Å². The Morgan fingerprint density at radius 3 is 2.15 bits per heavy atom. The Labute approximate surface area is 319 Å². The second kappa shape index (κ2) is 25.7. The summed E-state index contributed by atoms with van der Waals surface area (Å²) in [4.78, 5) is 41.2. The number of ether oxygens (including phenoxy) is 5. The van der Waals surface area contributed by atoms with Gasteiger partial charge in [0.15, 0.2) is 0 Å². The van der Waals surface area contributed by atoms with Crippen molar-refractivity contribution in [3.63, 3.8) is 0 Å². The molecule has 54 heavy (non-hydrogen) atoms. The smallest absolute Gasteiger partial charge is 0.302 e. The molecule has 12 heteroatoms. The standard InChI is InChI=1S/C36H43NO7.2C2H4O2.C2H6/c1-6-10-28(7-2)23-40-17-9-18-41-31-15-13-29(14-16-31)19-30-22-37(34-12-8-11-25(3)36(30)34)35-21-32(43-27(5)39)20-33(44-35)24-42-26(4)38;2*1-2(3)4;1-2/h6-8,10-16,22,32-33,35H,1-2,9,17-21,23-24H2,3-5H3;2*1H3,(H,3,4);1-2H3/b28-10+;;;. The largest absolute Gasteiger partial charge is 0.494 e. The molecule has 1 aliphatic heterocycles. The fourth-order valence-corrected chi connectivity index (χ4v) is 5.53. The summed E-state index contributed by atoms with van der Waals surface area (Å²) in [5.41, 5.74) is 5.53. The number of allylic oxidation sites excluding steroid dienone is 2. The van der Waals surface area contributed by atoms with Gasteiger partial charge in [0.05, 0.1) is 31.4 Å². The lowest BCUT2D eigenvalue weighted by Crippen LogP contribution is -2.38. The first-order chi connectivity index (χ1) is 25.7. The molecule has 0 amide bonds. The summed E-state index contributed by atoms with van der Waals surface area (Å²) in [6.07, 6.45) is 8.90. The highest BCUT2D eigenvalue weighted by molar-refractivity contribution is 5.87. The monoisotopic (exact) mass is 751 g/mol. The van der Waals surface area contributed by atoms with E-state index in [0.29, 0.717) is 32.7 Å². The molecule has 2 heterocycles. The van der Waals surface area contributed by atoms with Gasteiger partial charge in [0, 0.05) is 58.5 Å². The molecule has 1 aromatic heterocycles. The van der Waals surface area contributed by atoms with E-state index in [4.69, 9.17) is 43.5 Å². The van der Waals surface area contributed by atoms with Crippen molar-refractivity contribution in [2.75, 3.05) is 26.4 Å². The maximum Gasteiger partial charge on any atom is 0.302 e. The van der Waals surface area contributed by atoms with Crippen LogP contribution >= 0.6 is 0 Å². The Balaban J connectivity index is 0.00000131. The minimum Gasteiger partial charge on any atom is -0.494 e. The molecule has 12 nitrogen and oxygen atoms in total. The molecule has 1 fully saturated rings. The molecular weight excluding hydrogens is 694 g/mol. The number of carboxylic acid groups (broad SMARTS) is 2. The number of carboxylic acids is 2. The minimum atomic E-state index is -0.833. The number of aliphatic carboxylic acids is 2. The van der Waals surface area contributed by atoms with Crippen LogP contribution in [0.4, 0.5) is 0 Å². The van der Waals surface area contributed by atoms with Crippen LogP contribution in [0.25, 0.3) is 10.9 Å². The molecular formula is C42H57NO11.